The topological polar surface area (TPSA) is 169 Å². The zero-order valence-corrected chi connectivity index (χ0v) is 26.5. The molecule has 42 heavy (non-hydrogen) atoms. The molecular weight excluding hydrogens is 576 g/mol. The maximum atomic E-state index is 11.7. The van der Waals surface area contributed by atoms with Gasteiger partial charge in [0.15, 0.2) is 5.12 Å². The molecule has 14 nitrogen and oxygen atoms in total. The second kappa shape index (κ2) is 31.0. The fraction of sp³-hybridized carbons (Fsp3) is 0.889. The highest BCUT2D eigenvalue weighted by molar-refractivity contribution is 8.28. The van der Waals surface area contributed by atoms with E-state index < -0.39 is 22.9 Å². The Morgan fingerprint density at radius 2 is 0.952 bits per heavy atom. The Labute approximate surface area is 253 Å². The molecule has 0 aromatic heterocycles. The van der Waals surface area contributed by atoms with Crippen LogP contribution in [0.4, 0.5) is 0 Å². The minimum absolute atomic E-state index is 0.135. The van der Waals surface area contributed by atoms with E-state index in [0.717, 1.165) is 0 Å². The Bertz CT molecular complexity index is 661. The van der Waals surface area contributed by atoms with E-state index in [2.05, 4.69) is 10.6 Å². The van der Waals surface area contributed by atoms with Crippen molar-refractivity contribution in [2.45, 2.75) is 25.3 Å². The zero-order chi connectivity index (χ0) is 31.1. The lowest BCUT2D eigenvalue weighted by atomic mass is 10.1. The van der Waals surface area contributed by atoms with Crippen LogP contribution < -0.4 is 10.6 Å². The van der Waals surface area contributed by atoms with Gasteiger partial charge in [0.25, 0.3) is 0 Å². The molecule has 0 heterocycles. The van der Waals surface area contributed by atoms with E-state index in [1.54, 1.807) is 7.05 Å². The maximum absolute atomic E-state index is 11.7. The molecule has 0 unspecified atom stereocenters. The first-order valence-corrected chi connectivity index (χ1v) is 16.6. The van der Waals surface area contributed by atoms with Crippen molar-refractivity contribution in [2.24, 2.45) is 0 Å². The van der Waals surface area contributed by atoms with Gasteiger partial charge in [0.05, 0.1) is 106 Å². The predicted octanol–water partition coefficient (Wildman–Crippen LogP) is -0.134. The van der Waals surface area contributed by atoms with Gasteiger partial charge >= 0.3 is 5.97 Å². The average Bonchev–Trinajstić information content (AvgIpc) is 2.96. The Balaban J connectivity index is 3.19. The summed E-state index contributed by atoms with van der Waals surface area (Å²) in [7, 11) is 1.02. The molecule has 0 saturated heterocycles. The Morgan fingerprint density at radius 3 is 1.29 bits per heavy atom. The second-order valence-electron chi connectivity index (χ2n) is 9.01. The minimum atomic E-state index is -0.973. The molecule has 15 heteroatoms. The van der Waals surface area contributed by atoms with E-state index in [-0.39, 0.29) is 23.9 Å². The number of likely N-dealkylation sites (N-methyl/N-ethyl adjacent to an activating group) is 1. The first-order chi connectivity index (χ1) is 20.4. The summed E-state index contributed by atoms with van der Waals surface area (Å²) in [6.07, 6.45) is 4.74. The van der Waals surface area contributed by atoms with Gasteiger partial charge in [-0.3, -0.25) is 14.4 Å². The van der Waals surface area contributed by atoms with Crippen molar-refractivity contribution in [3.05, 3.63) is 0 Å². The first-order valence-electron chi connectivity index (χ1n) is 14.4. The summed E-state index contributed by atoms with van der Waals surface area (Å²) >= 11 is 0. The summed E-state index contributed by atoms with van der Waals surface area (Å²) in [5, 5.41) is 14.5. The van der Waals surface area contributed by atoms with E-state index >= 15 is 0 Å². The van der Waals surface area contributed by atoms with Crippen LogP contribution in [0, 0.1) is 0 Å². The molecule has 0 aliphatic heterocycles. The number of aliphatic carboxylic acids is 1. The van der Waals surface area contributed by atoms with Crippen molar-refractivity contribution >= 4 is 27.9 Å². The third kappa shape index (κ3) is 28.7. The number of rotatable bonds is 32. The molecule has 0 aromatic rings. The summed E-state index contributed by atoms with van der Waals surface area (Å²) in [6, 6.07) is -0.729. The van der Waals surface area contributed by atoms with Crippen LogP contribution in [0.3, 0.4) is 0 Å². The first kappa shape index (κ1) is 40.6. The highest BCUT2D eigenvalue weighted by Gasteiger charge is 2.15. The van der Waals surface area contributed by atoms with E-state index in [9.17, 15) is 14.4 Å². The van der Waals surface area contributed by atoms with Crippen molar-refractivity contribution in [3.8, 4) is 0 Å². The quantitative estimate of drug-likeness (QED) is 0.0573. The average molecular weight is 631 g/mol. The molecule has 250 valence electrons. The second-order valence-corrected chi connectivity index (χ2v) is 11.3. The fourth-order valence-corrected chi connectivity index (χ4v) is 3.58. The van der Waals surface area contributed by atoms with Crippen molar-refractivity contribution in [1.29, 1.82) is 0 Å². The number of carboxylic acids is 1. The predicted molar refractivity (Wildman–Crippen MR) is 160 cm³/mol. The van der Waals surface area contributed by atoms with Gasteiger partial charge in [-0.05, 0) is 26.0 Å². The molecule has 0 radical (unpaired) electrons. The lowest BCUT2D eigenvalue weighted by Gasteiger charge is -2.11. The maximum Gasteiger partial charge on any atom is 0.320 e. The lowest BCUT2D eigenvalue weighted by molar-refractivity contribution is -0.139. The molecular formula is C27H54N2O12S. The van der Waals surface area contributed by atoms with Crippen LogP contribution in [0.25, 0.3) is 0 Å². The number of ether oxygens (including phenoxy) is 8. The van der Waals surface area contributed by atoms with Gasteiger partial charge in [-0.2, -0.15) is 0 Å². The third-order valence-corrected chi connectivity index (χ3v) is 6.66. The number of hydrogen-bond acceptors (Lipinski definition) is 12. The lowest BCUT2D eigenvalue weighted by Crippen LogP contribution is -2.36. The molecule has 3 N–H and O–H groups in total. The van der Waals surface area contributed by atoms with Gasteiger partial charge in [0.1, 0.15) is 6.04 Å². The molecule has 0 fully saturated rings. The highest BCUT2D eigenvalue weighted by Crippen LogP contribution is 2.16. The molecule has 0 aliphatic carbocycles. The van der Waals surface area contributed by atoms with Gasteiger partial charge in [0, 0.05) is 19.4 Å². The molecule has 0 rings (SSSR count). The molecule has 0 aliphatic rings. The number of carboxylic acid groups (broad SMARTS) is 1. The van der Waals surface area contributed by atoms with Crippen molar-refractivity contribution in [2.75, 3.05) is 132 Å². The van der Waals surface area contributed by atoms with Gasteiger partial charge < -0.3 is 53.6 Å². The number of amides is 1. The number of hydrogen-bond donors (Lipinski definition) is 4. The normalized spacial score (nSPS) is 12.3. The molecule has 1 amide bonds. The zero-order valence-electron chi connectivity index (χ0n) is 25.6. The Hall–Kier alpha value is -1.40. The van der Waals surface area contributed by atoms with E-state index in [4.69, 9.17) is 43.0 Å². The SMILES string of the molecule is CN[C@@H](CCC(=O)NCCOCCOCCOCCOCCOCCOCCOCCOCCC(=O)[SH](C)C)C(=O)O. The molecule has 0 saturated carbocycles. The number of carbonyl (C=O) groups is 3. The van der Waals surface area contributed by atoms with Crippen LogP contribution in [0.5, 0.6) is 0 Å². The smallest absolute Gasteiger partial charge is 0.320 e. The largest absolute Gasteiger partial charge is 0.480 e. The van der Waals surface area contributed by atoms with Crippen LogP contribution in [0.15, 0.2) is 0 Å². The monoisotopic (exact) mass is 630 g/mol. The number of carbonyl (C=O) groups excluding carboxylic acids is 2. The van der Waals surface area contributed by atoms with E-state index in [1.165, 1.54) is 0 Å². The standard InChI is InChI=1S/C27H54N2O12S/c1-28-24(27(32)33)4-5-25(30)29-7-9-35-11-13-37-15-17-39-19-21-41-23-22-40-20-18-38-16-14-36-12-10-34-8-6-26(31)42(2)3/h24,28,42H,4-23H2,1-3H3,(H,29,30)(H,32,33)/t24-/m0/s1. The van der Waals surface area contributed by atoms with Crippen molar-refractivity contribution < 1.29 is 57.4 Å². The number of thiol groups is 1. The van der Waals surface area contributed by atoms with E-state index in [0.29, 0.717) is 119 Å². The van der Waals surface area contributed by atoms with Crippen LogP contribution in [0.2, 0.25) is 0 Å². The van der Waals surface area contributed by atoms with E-state index in [1.807, 2.05) is 12.5 Å². The Morgan fingerprint density at radius 1 is 0.595 bits per heavy atom. The fourth-order valence-electron chi connectivity index (χ4n) is 3.04. The van der Waals surface area contributed by atoms with Crippen molar-refractivity contribution in [1.82, 2.24) is 10.6 Å². The van der Waals surface area contributed by atoms with Gasteiger partial charge in [-0.15, -0.1) is 0 Å². The molecule has 1 atom stereocenters. The molecule has 0 spiro atoms. The van der Waals surface area contributed by atoms with Crippen molar-refractivity contribution in [3.63, 3.8) is 0 Å². The minimum Gasteiger partial charge on any atom is -0.480 e. The summed E-state index contributed by atoms with van der Waals surface area (Å²) < 4.78 is 43.3. The number of nitrogens with one attached hydrogen (secondary N) is 2. The highest BCUT2D eigenvalue weighted by atomic mass is 32.2. The summed E-state index contributed by atoms with van der Waals surface area (Å²) in [4.78, 5) is 34.1. The van der Waals surface area contributed by atoms with Gasteiger partial charge in [-0.25, -0.2) is 10.9 Å². The van der Waals surface area contributed by atoms with Gasteiger partial charge in [0.2, 0.25) is 5.91 Å². The summed E-state index contributed by atoms with van der Waals surface area (Å²) in [5.41, 5.74) is 0. The summed E-state index contributed by atoms with van der Waals surface area (Å²) in [5.74, 6) is -1.18. The third-order valence-electron chi connectivity index (χ3n) is 5.44. The Kier molecular flexibility index (Phi) is 30.0. The van der Waals surface area contributed by atoms with Crippen LogP contribution in [-0.2, 0) is 52.3 Å². The summed E-state index contributed by atoms with van der Waals surface area (Å²) in [6.45, 7) is 7.65. The van der Waals surface area contributed by atoms with Crippen LogP contribution in [-0.4, -0.2) is 160 Å². The van der Waals surface area contributed by atoms with Crippen LogP contribution in [0.1, 0.15) is 19.3 Å². The van der Waals surface area contributed by atoms with Crippen LogP contribution >= 0.6 is 10.9 Å². The molecule has 0 bridgehead atoms. The molecule has 0 aromatic carbocycles. The van der Waals surface area contributed by atoms with Gasteiger partial charge in [-0.1, -0.05) is 0 Å².